The molecule has 1 aromatic carbocycles. The molecule has 2 aromatic heterocycles. The second-order valence-corrected chi connectivity index (χ2v) is 8.57. The summed E-state index contributed by atoms with van der Waals surface area (Å²) in [7, 11) is 0. The Bertz CT molecular complexity index is 1180. The highest BCUT2D eigenvalue weighted by atomic mass is 16.3. The molecule has 3 aromatic rings. The summed E-state index contributed by atoms with van der Waals surface area (Å²) in [6, 6.07) is 9.35. The minimum absolute atomic E-state index is 0.119. The SMILES string of the molecule is Cc1cccc(-n2ncc3c2CCC[C@H]3NC(=O)c2ccc(C#CC(C)(C)O)o2)c1C. The molecule has 0 unspecified atom stereocenters. The number of rotatable bonds is 3. The fourth-order valence-corrected chi connectivity index (χ4v) is 3.85. The molecule has 160 valence electrons. The van der Waals surface area contributed by atoms with Crippen LogP contribution in [0.1, 0.15) is 71.4 Å². The number of benzene rings is 1. The Balaban J connectivity index is 1.55. The van der Waals surface area contributed by atoms with Crippen LogP contribution in [0.15, 0.2) is 40.9 Å². The average Bonchev–Trinajstić information content (AvgIpc) is 3.36. The van der Waals surface area contributed by atoms with Gasteiger partial charge in [0.15, 0.2) is 11.5 Å². The number of carbonyl (C=O) groups excluding carboxylic acids is 1. The van der Waals surface area contributed by atoms with Gasteiger partial charge in [0.2, 0.25) is 0 Å². The summed E-state index contributed by atoms with van der Waals surface area (Å²) in [5, 5.41) is 17.5. The quantitative estimate of drug-likeness (QED) is 0.631. The molecular formula is C25H27N3O3. The lowest BCUT2D eigenvalue weighted by Crippen LogP contribution is -2.30. The van der Waals surface area contributed by atoms with E-state index in [0.29, 0.717) is 5.76 Å². The summed E-state index contributed by atoms with van der Waals surface area (Å²) in [4.78, 5) is 12.8. The molecule has 1 atom stereocenters. The molecule has 4 rings (SSSR count). The van der Waals surface area contributed by atoms with Gasteiger partial charge in [-0.25, -0.2) is 4.68 Å². The molecule has 31 heavy (non-hydrogen) atoms. The van der Waals surface area contributed by atoms with E-state index < -0.39 is 5.60 Å². The number of aromatic nitrogens is 2. The van der Waals surface area contributed by atoms with E-state index in [-0.39, 0.29) is 17.7 Å². The average molecular weight is 418 g/mol. The van der Waals surface area contributed by atoms with Crippen molar-refractivity contribution in [2.24, 2.45) is 0 Å². The van der Waals surface area contributed by atoms with E-state index in [1.807, 2.05) is 16.9 Å². The Morgan fingerprint density at radius 1 is 1.29 bits per heavy atom. The van der Waals surface area contributed by atoms with Gasteiger partial charge in [-0.15, -0.1) is 0 Å². The van der Waals surface area contributed by atoms with Gasteiger partial charge in [-0.3, -0.25) is 4.79 Å². The van der Waals surface area contributed by atoms with Crippen molar-refractivity contribution in [2.45, 2.75) is 58.6 Å². The van der Waals surface area contributed by atoms with E-state index in [1.165, 1.54) is 11.1 Å². The van der Waals surface area contributed by atoms with Crippen molar-refractivity contribution >= 4 is 5.91 Å². The van der Waals surface area contributed by atoms with Crippen molar-refractivity contribution in [3.63, 3.8) is 0 Å². The zero-order chi connectivity index (χ0) is 22.2. The molecule has 0 saturated carbocycles. The van der Waals surface area contributed by atoms with E-state index in [4.69, 9.17) is 4.42 Å². The maximum atomic E-state index is 12.8. The zero-order valence-electron chi connectivity index (χ0n) is 18.3. The van der Waals surface area contributed by atoms with Crippen molar-refractivity contribution < 1.29 is 14.3 Å². The third kappa shape index (κ3) is 4.42. The first kappa shape index (κ1) is 21.0. The topological polar surface area (TPSA) is 80.3 Å². The van der Waals surface area contributed by atoms with Gasteiger partial charge in [-0.2, -0.15) is 5.10 Å². The predicted molar refractivity (Wildman–Crippen MR) is 118 cm³/mol. The Hall–Kier alpha value is -3.30. The minimum atomic E-state index is -1.12. The molecule has 0 aliphatic heterocycles. The Morgan fingerprint density at radius 2 is 2.10 bits per heavy atom. The maximum absolute atomic E-state index is 12.8. The first-order valence-corrected chi connectivity index (χ1v) is 10.5. The van der Waals surface area contributed by atoms with Gasteiger partial charge < -0.3 is 14.8 Å². The summed E-state index contributed by atoms with van der Waals surface area (Å²) in [5.74, 6) is 5.70. The number of fused-ring (bicyclic) bond motifs is 1. The molecule has 0 spiro atoms. The fraction of sp³-hybridized carbons (Fsp3) is 0.360. The number of carbonyl (C=O) groups is 1. The number of hydrogen-bond acceptors (Lipinski definition) is 4. The molecule has 1 aliphatic carbocycles. The van der Waals surface area contributed by atoms with Crippen LogP contribution in [0, 0.1) is 25.7 Å². The van der Waals surface area contributed by atoms with Crippen LogP contribution in [-0.2, 0) is 6.42 Å². The molecule has 1 aliphatic rings. The van der Waals surface area contributed by atoms with Gasteiger partial charge in [-0.05, 0) is 82.2 Å². The lowest BCUT2D eigenvalue weighted by atomic mass is 9.92. The molecular weight excluding hydrogens is 390 g/mol. The fourth-order valence-electron chi connectivity index (χ4n) is 3.85. The van der Waals surface area contributed by atoms with E-state index in [9.17, 15) is 9.90 Å². The summed E-state index contributed by atoms with van der Waals surface area (Å²) >= 11 is 0. The van der Waals surface area contributed by atoms with Crippen molar-refractivity contribution in [1.29, 1.82) is 0 Å². The molecule has 2 heterocycles. The van der Waals surface area contributed by atoms with E-state index in [2.05, 4.69) is 48.2 Å². The number of nitrogens with zero attached hydrogens (tertiary/aromatic N) is 2. The number of aryl methyl sites for hydroxylation is 1. The summed E-state index contributed by atoms with van der Waals surface area (Å²) in [5.41, 5.74) is 4.58. The molecule has 2 N–H and O–H groups in total. The third-order valence-electron chi connectivity index (χ3n) is 5.61. The van der Waals surface area contributed by atoms with Crippen LogP contribution < -0.4 is 5.32 Å². The number of furan rings is 1. The second kappa shape index (κ2) is 8.09. The van der Waals surface area contributed by atoms with Crippen LogP contribution in [0.3, 0.4) is 0 Å². The first-order chi connectivity index (χ1) is 14.7. The van der Waals surface area contributed by atoms with Crippen LogP contribution in [0.2, 0.25) is 0 Å². The number of hydrogen-bond donors (Lipinski definition) is 2. The summed E-state index contributed by atoms with van der Waals surface area (Å²) in [6.07, 6.45) is 4.61. The van der Waals surface area contributed by atoms with E-state index >= 15 is 0 Å². The highest BCUT2D eigenvalue weighted by Crippen LogP contribution is 2.32. The van der Waals surface area contributed by atoms with Gasteiger partial charge in [0.05, 0.1) is 17.9 Å². The first-order valence-electron chi connectivity index (χ1n) is 10.5. The van der Waals surface area contributed by atoms with E-state index in [1.54, 1.807) is 26.0 Å². The largest absolute Gasteiger partial charge is 0.443 e. The lowest BCUT2D eigenvalue weighted by Gasteiger charge is -2.24. The van der Waals surface area contributed by atoms with Crippen molar-refractivity contribution in [3.8, 4) is 17.5 Å². The number of amides is 1. The van der Waals surface area contributed by atoms with E-state index in [0.717, 1.165) is 36.2 Å². The van der Waals surface area contributed by atoms with Crippen LogP contribution in [0.4, 0.5) is 0 Å². The van der Waals surface area contributed by atoms with Crippen molar-refractivity contribution in [1.82, 2.24) is 15.1 Å². The Morgan fingerprint density at radius 3 is 2.87 bits per heavy atom. The van der Waals surface area contributed by atoms with Crippen LogP contribution in [0.25, 0.3) is 5.69 Å². The second-order valence-electron chi connectivity index (χ2n) is 8.57. The predicted octanol–water partition coefficient (Wildman–Crippen LogP) is 4.01. The normalized spacial score (nSPS) is 15.7. The standard InChI is InChI=1S/C25H27N3O3/c1-16-7-5-9-21(17(16)2)28-22-10-6-8-20(19(22)15-26-28)27-24(29)23-12-11-18(31-23)13-14-25(3,4)30/h5,7,9,11-12,15,20,30H,6,8,10H2,1-4H3,(H,27,29)/t20-/m1/s1. The monoisotopic (exact) mass is 417 g/mol. The molecule has 6 heteroatoms. The van der Waals surface area contributed by atoms with Gasteiger partial charge in [-0.1, -0.05) is 18.1 Å². The van der Waals surface area contributed by atoms with Crippen LogP contribution >= 0.6 is 0 Å². The molecule has 6 nitrogen and oxygen atoms in total. The molecule has 0 radical (unpaired) electrons. The summed E-state index contributed by atoms with van der Waals surface area (Å²) < 4.78 is 7.56. The van der Waals surface area contributed by atoms with Gasteiger partial charge in [0, 0.05) is 11.3 Å². The molecule has 0 fully saturated rings. The van der Waals surface area contributed by atoms with Gasteiger partial charge in [0.25, 0.3) is 5.91 Å². The Kier molecular flexibility index (Phi) is 5.47. The molecule has 0 saturated heterocycles. The smallest absolute Gasteiger partial charge is 0.287 e. The third-order valence-corrected chi connectivity index (χ3v) is 5.61. The van der Waals surface area contributed by atoms with Crippen molar-refractivity contribution in [2.75, 3.05) is 0 Å². The number of nitrogens with one attached hydrogen (secondary N) is 1. The van der Waals surface area contributed by atoms with Crippen molar-refractivity contribution in [3.05, 3.63) is 70.4 Å². The minimum Gasteiger partial charge on any atom is -0.443 e. The maximum Gasteiger partial charge on any atom is 0.287 e. The highest BCUT2D eigenvalue weighted by Gasteiger charge is 2.27. The number of aliphatic hydroxyl groups is 1. The summed E-state index contributed by atoms with van der Waals surface area (Å²) in [6.45, 7) is 7.39. The Labute approximate surface area is 182 Å². The lowest BCUT2D eigenvalue weighted by molar-refractivity contribution is 0.0904. The molecule has 0 bridgehead atoms. The zero-order valence-corrected chi connectivity index (χ0v) is 18.3. The van der Waals surface area contributed by atoms with Crippen LogP contribution in [-0.4, -0.2) is 26.4 Å². The van der Waals surface area contributed by atoms with Gasteiger partial charge in [0.1, 0.15) is 5.60 Å². The van der Waals surface area contributed by atoms with Gasteiger partial charge >= 0.3 is 0 Å². The van der Waals surface area contributed by atoms with Crippen LogP contribution in [0.5, 0.6) is 0 Å². The highest BCUT2D eigenvalue weighted by molar-refractivity contribution is 5.91. The molecule has 1 amide bonds.